The number of nitrogens with zero attached hydrogens (tertiary/aromatic N) is 1. The maximum atomic E-state index is 12.5. The molecule has 5 nitrogen and oxygen atoms in total. The molecule has 122 valence electrons. The Morgan fingerprint density at radius 1 is 1.45 bits per heavy atom. The van der Waals surface area contributed by atoms with Crippen LogP contribution in [0.1, 0.15) is 30.9 Å². The van der Waals surface area contributed by atoms with Gasteiger partial charge in [0.25, 0.3) is 0 Å². The lowest BCUT2D eigenvalue weighted by Crippen LogP contribution is -2.44. The van der Waals surface area contributed by atoms with Gasteiger partial charge in [0.1, 0.15) is 0 Å². The van der Waals surface area contributed by atoms with Gasteiger partial charge < -0.3 is 5.32 Å². The maximum absolute atomic E-state index is 12.5. The Morgan fingerprint density at radius 3 is 2.77 bits per heavy atom. The lowest BCUT2D eigenvalue weighted by Gasteiger charge is -2.28. The van der Waals surface area contributed by atoms with Crippen molar-refractivity contribution in [2.75, 3.05) is 13.1 Å². The Morgan fingerprint density at radius 2 is 2.18 bits per heavy atom. The first-order chi connectivity index (χ1) is 9.94. The summed E-state index contributed by atoms with van der Waals surface area (Å²) in [7, 11) is -3.60. The van der Waals surface area contributed by atoms with Crippen molar-refractivity contribution in [1.29, 1.82) is 5.26 Å². The van der Waals surface area contributed by atoms with Crippen molar-refractivity contribution >= 4 is 22.4 Å². The number of sulfonamides is 1. The molecule has 0 radical (unpaired) electrons. The second-order valence-corrected chi connectivity index (χ2v) is 7.29. The van der Waals surface area contributed by atoms with Crippen molar-refractivity contribution in [1.82, 2.24) is 10.0 Å². The largest absolute Gasteiger partial charge is 0.316 e. The zero-order chi connectivity index (χ0) is 15.5. The summed E-state index contributed by atoms with van der Waals surface area (Å²) in [5.74, 6) is 0.299. The van der Waals surface area contributed by atoms with Crippen molar-refractivity contribution in [3.63, 3.8) is 0 Å². The van der Waals surface area contributed by atoms with Gasteiger partial charge in [-0.2, -0.15) is 5.26 Å². The van der Waals surface area contributed by atoms with Crippen LogP contribution in [0.5, 0.6) is 0 Å². The van der Waals surface area contributed by atoms with Gasteiger partial charge in [0.2, 0.25) is 10.0 Å². The molecule has 1 saturated heterocycles. The first kappa shape index (κ1) is 18.9. The number of rotatable bonds is 4. The molecule has 1 aromatic rings. The fourth-order valence-electron chi connectivity index (χ4n) is 2.67. The van der Waals surface area contributed by atoms with Crippen LogP contribution in [-0.2, 0) is 10.0 Å². The predicted molar refractivity (Wildman–Crippen MR) is 88.5 cm³/mol. The summed E-state index contributed by atoms with van der Waals surface area (Å²) in [5, 5.41) is 12.2. The molecule has 2 N–H and O–H groups in total. The van der Waals surface area contributed by atoms with Gasteiger partial charge in [0.05, 0.1) is 16.5 Å². The summed E-state index contributed by atoms with van der Waals surface area (Å²) in [6.07, 6.45) is 2.09. The molecule has 1 aliphatic rings. The molecule has 0 spiro atoms. The Hall–Kier alpha value is -1.13. The van der Waals surface area contributed by atoms with Crippen molar-refractivity contribution in [3.8, 4) is 6.07 Å². The van der Waals surface area contributed by atoms with Crippen LogP contribution in [-0.4, -0.2) is 27.5 Å². The van der Waals surface area contributed by atoms with E-state index in [4.69, 9.17) is 5.26 Å². The van der Waals surface area contributed by atoms with Crippen LogP contribution in [0.4, 0.5) is 0 Å². The number of halogens is 1. The van der Waals surface area contributed by atoms with Crippen molar-refractivity contribution in [2.45, 2.75) is 37.6 Å². The molecule has 2 atom stereocenters. The quantitative estimate of drug-likeness (QED) is 0.875. The van der Waals surface area contributed by atoms with Crippen LogP contribution in [0.25, 0.3) is 0 Å². The van der Waals surface area contributed by atoms with Gasteiger partial charge in [0.15, 0.2) is 0 Å². The molecule has 1 fully saturated rings. The van der Waals surface area contributed by atoms with Crippen LogP contribution >= 0.6 is 12.4 Å². The molecular formula is C15H22ClN3O2S. The number of nitriles is 1. The smallest absolute Gasteiger partial charge is 0.241 e. The highest BCUT2D eigenvalue weighted by atomic mass is 35.5. The van der Waals surface area contributed by atoms with Gasteiger partial charge >= 0.3 is 0 Å². The molecular weight excluding hydrogens is 322 g/mol. The highest BCUT2D eigenvalue weighted by Crippen LogP contribution is 2.20. The lowest BCUT2D eigenvalue weighted by molar-refractivity contribution is 0.320. The SMILES string of the molecule is Cc1ccc(C#N)cc1S(=O)(=O)NC(C)C1CCCNC1.Cl. The van der Waals surface area contributed by atoms with E-state index in [2.05, 4.69) is 10.0 Å². The fraction of sp³-hybridized carbons (Fsp3) is 0.533. The molecule has 7 heteroatoms. The second-order valence-electron chi connectivity index (χ2n) is 5.61. The van der Waals surface area contributed by atoms with Crippen molar-refractivity contribution in [3.05, 3.63) is 29.3 Å². The molecule has 22 heavy (non-hydrogen) atoms. The Bertz CT molecular complexity index is 649. The second kappa shape index (κ2) is 7.93. The Kier molecular flexibility index (Phi) is 6.82. The summed E-state index contributed by atoms with van der Waals surface area (Å²) in [6, 6.07) is 6.58. The molecule has 0 saturated carbocycles. The van der Waals surface area contributed by atoms with E-state index in [9.17, 15) is 8.42 Å². The Balaban J connectivity index is 0.00000242. The number of aryl methyl sites for hydroxylation is 1. The number of hydrogen-bond acceptors (Lipinski definition) is 4. The molecule has 0 aromatic heterocycles. The molecule has 2 rings (SSSR count). The van der Waals surface area contributed by atoms with Crippen LogP contribution in [0.3, 0.4) is 0 Å². The van der Waals surface area contributed by atoms with E-state index in [0.29, 0.717) is 17.0 Å². The van der Waals surface area contributed by atoms with Gasteiger partial charge in [-0.25, -0.2) is 13.1 Å². The highest BCUT2D eigenvalue weighted by molar-refractivity contribution is 7.89. The number of piperidine rings is 1. The average Bonchev–Trinajstić information content (AvgIpc) is 2.48. The van der Waals surface area contributed by atoms with E-state index in [1.165, 1.54) is 6.07 Å². The van der Waals surface area contributed by atoms with Gasteiger partial charge in [0, 0.05) is 6.04 Å². The molecule has 1 heterocycles. The third-order valence-corrected chi connectivity index (χ3v) is 5.69. The summed E-state index contributed by atoms with van der Waals surface area (Å²) in [5.41, 5.74) is 1.00. The van der Waals surface area contributed by atoms with Crippen LogP contribution < -0.4 is 10.0 Å². The van der Waals surface area contributed by atoms with E-state index >= 15 is 0 Å². The Labute approximate surface area is 138 Å². The first-order valence-corrected chi connectivity index (χ1v) is 8.66. The van der Waals surface area contributed by atoms with Gasteiger partial charge in [-0.3, -0.25) is 0 Å². The fourth-order valence-corrected chi connectivity index (χ4v) is 4.25. The van der Waals surface area contributed by atoms with E-state index in [-0.39, 0.29) is 23.3 Å². The zero-order valence-corrected chi connectivity index (χ0v) is 14.4. The average molecular weight is 344 g/mol. The zero-order valence-electron chi connectivity index (χ0n) is 12.8. The van der Waals surface area contributed by atoms with Crippen molar-refractivity contribution in [2.24, 2.45) is 5.92 Å². The van der Waals surface area contributed by atoms with Crippen LogP contribution in [0.2, 0.25) is 0 Å². The summed E-state index contributed by atoms with van der Waals surface area (Å²) >= 11 is 0. The number of hydrogen-bond donors (Lipinski definition) is 2. The molecule has 2 unspecified atom stereocenters. The highest BCUT2D eigenvalue weighted by Gasteiger charge is 2.26. The molecule has 0 amide bonds. The van der Waals surface area contributed by atoms with Gasteiger partial charge in [-0.05, 0) is 63.4 Å². The summed E-state index contributed by atoms with van der Waals surface area (Å²) in [6.45, 7) is 5.47. The standard InChI is InChI=1S/C15H21N3O2S.ClH/c1-11-5-6-13(9-16)8-15(11)21(19,20)18-12(2)14-4-3-7-17-10-14;/h5-6,8,12,14,17-18H,3-4,7,10H2,1-2H3;1H. The van der Waals surface area contributed by atoms with Gasteiger partial charge in [-0.15, -0.1) is 12.4 Å². The lowest BCUT2D eigenvalue weighted by atomic mass is 9.94. The minimum Gasteiger partial charge on any atom is -0.316 e. The molecule has 0 aliphatic carbocycles. The maximum Gasteiger partial charge on any atom is 0.241 e. The number of nitrogens with one attached hydrogen (secondary N) is 2. The topological polar surface area (TPSA) is 82.0 Å². The minimum absolute atomic E-state index is 0. The first-order valence-electron chi connectivity index (χ1n) is 7.18. The third kappa shape index (κ3) is 4.43. The number of benzene rings is 1. The molecule has 1 aliphatic heterocycles. The van der Waals surface area contributed by atoms with Crippen molar-refractivity contribution < 1.29 is 8.42 Å². The molecule has 0 bridgehead atoms. The van der Waals surface area contributed by atoms with E-state index in [1.54, 1.807) is 19.1 Å². The van der Waals surface area contributed by atoms with E-state index in [1.807, 2.05) is 13.0 Å². The summed E-state index contributed by atoms with van der Waals surface area (Å²) in [4.78, 5) is 0.192. The van der Waals surface area contributed by atoms with E-state index in [0.717, 1.165) is 25.9 Å². The van der Waals surface area contributed by atoms with Gasteiger partial charge in [-0.1, -0.05) is 6.07 Å². The normalized spacial score (nSPS) is 19.8. The predicted octanol–water partition coefficient (Wildman–Crippen LogP) is 1.95. The third-order valence-electron chi connectivity index (χ3n) is 3.99. The van der Waals surface area contributed by atoms with Crippen LogP contribution in [0.15, 0.2) is 23.1 Å². The molecule has 1 aromatic carbocycles. The van der Waals surface area contributed by atoms with Crippen LogP contribution in [0, 0.1) is 24.2 Å². The monoisotopic (exact) mass is 343 g/mol. The summed E-state index contributed by atoms with van der Waals surface area (Å²) < 4.78 is 27.8. The van der Waals surface area contributed by atoms with E-state index < -0.39 is 10.0 Å². The minimum atomic E-state index is -3.60.